The van der Waals surface area contributed by atoms with E-state index in [1.165, 1.54) is 4.42 Å². The standard InChI is InChI=1S/C4H8ClN3/c1-4-7(2)6-3-8(4)5/h3-4H,1-2H3. The van der Waals surface area contributed by atoms with Crippen LogP contribution in [-0.2, 0) is 0 Å². The molecule has 1 rings (SSSR count). The van der Waals surface area contributed by atoms with E-state index in [2.05, 4.69) is 5.10 Å². The molecule has 0 fully saturated rings. The average molecular weight is 134 g/mol. The van der Waals surface area contributed by atoms with E-state index in [0.29, 0.717) is 0 Å². The molecule has 0 bridgehead atoms. The van der Waals surface area contributed by atoms with Crippen molar-refractivity contribution in [2.75, 3.05) is 7.05 Å². The van der Waals surface area contributed by atoms with Crippen molar-refractivity contribution >= 4 is 18.1 Å². The second-order valence-corrected chi connectivity index (χ2v) is 2.17. The molecule has 46 valence electrons. The maximum atomic E-state index is 5.60. The fourth-order valence-corrected chi connectivity index (χ4v) is 0.649. The molecule has 8 heavy (non-hydrogen) atoms. The summed E-state index contributed by atoms with van der Waals surface area (Å²) in [6, 6.07) is 0. The minimum absolute atomic E-state index is 0.191. The Balaban J connectivity index is 2.55. The normalized spacial score (nSPS) is 27.6. The molecular formula is C4H8ClN3. The van der Waals surface area contributed by atoms with Crippen LogP contribution in [0.5, 0.6) is 0 Å². The lowest BCUT2D eigenvalue weighted by Crippen LogP contribution is -2.28. The summed E-state index contributed by atoms with van der Waals surface area (Å²) in [5.74, 6) is 0. The molecule has 0 spiro atoms. The van der Waals surface area contributed by atoms with E-state index in [9.17, 15) is 0 Å². The topological polar surface area (TPSA) is 18.8 Å². The van der Waals surface area contributed by atoms with Gasteiger partial charge in [-0.2, -0.15) is 5.10 Å². The SMILES string of the molecule is CC1N(Cl)C=NN1C. The van der Waals surface area contributed by atoms with E-state index < -0.39 is 0 Å². The lowest BCUT2D eigenvalue weighted by molar-refractivity contribution is 0.236. The summed E-state index contributed by atoms with van der Waals surface area (Å²) in [5.41, 5.74) is 0. The summed E-state index contributed by atoms with van der Waals surface area (Å²) in [6.07, 6.45) is 1.78. The first-order valence-electron chi connectivity index (χ1n) is 2.43. The number of halogens is 1. The van der Waals surface area contributed by atoms with E-state index in [1.54, 1.807) is 11.3 Å². The van der Waals surface area contributed by atoms with Crippen LogP contribution in [-0.4, -0.2) is 29.0 Å². The van der Waals surface area contributed by atoms with Crippen molar-refractivity contribution in [1.29, 1.82) is 0 Å². The van der Waals surface area contributed by atoms with Crippen LogP contribution in [0.3, 0.4) is 0 Å². The van der Waals surface area contributed by atoms with Crippen LogP contribution in [0.1, 0.15) is 6.92 Å². The first-order chi connectivity index (χ1) is 3.72. The number of nitrogens with zero attached hydrogens (tertiary/aromatic N) is 3. The number of hydrogen-bond acceptors (Lipinski definition) is 3. The van der Waals surface area contributed by atoms with Gasteiger partial charge in [-0.05, 0) is 6.92 Å². The van der Waals surface area contributed by atoms with Gasteiger partial charge in [0.25, 0.3) is 0 Å². The molecule has 0 saturated heterocycles. The molecule has 0 aromatic heterocycles. The highest BCUT2D eigenvalue weighted by atomic mass is 35.5. The molecule has 1 atom stereocenters. The summed E-state index contributed by atoms with van der Waals surface area (Å²) in [6.45, 7) is 1.97. The van der Waals surface area contributed by atoms with Crippen LogP contribution >= 0.6 is 11.8 Å². The van der Waals surface area contributed by atoms with Crippen LogP contribution in [0.15, 0.2) is 5.10 Å². The molecule has 0 radical (unpaired) electrons. The summed E-state index contributed by atoms with van der Waals surface area (Å²) >= 11 is 5.60. The van der Waals surface area contributed by atoms with Gasteiger partial charge in [-0.3, -0.25) is 5.01 Å². The largest absolute Gasteiger partial charge is 0.275 e. The zero-order valence-electron chi connectivity index (χ0n) is 4.87. The van der Waals surface area contributed by atoms with E-state index in [-0.39, 0.29) is 6.17 Å². The molecule has 1 aliphatic rings. The second kappa shape index (κ2) is 1.82. The molecule has 1 aliphatic heterocycles. The molecule has 0 amide bonds. The van der Waals surface area contributed by atoms with Crippen molar-refractivity contribution < 1.29 is 0 Å². The first-order valence-corrected chi connectivity index (χ1v) is 2.76. The van der Waals surface area contributed by atoms with Crippen molar-refractivity contribution in [1.82, 2.24) is 9.43 Å². The van der Waals surface area contributed by atoms with Crippen LogP contribution in [0, 0.1) is 0 Å². The highest BCUT2D eigenvalue weighted by Crippen LogP contribution is 2.09. The van der Waals surface area contributed by atoms with Gasteiger partial charge >= 0.3 is 0 Å². The van der Waals surface area contributed by atoms with Crippen LogP contribution < -0.4 is 0 Å². The Morgan fingerprint density at radius 2 is 2.38 bits per heavy atom. The third-order valence-electron chi connectivity index (χ3n) is 1.24. The number of hydrazone groups is 1. The van der Waals surface area contributed by atoms with Gasteiger partial charge in [0.05, 0.1) is 0 Å². The first kappa shape index (κ1) is 5.69. The Morgan fingerprint density at radius 1 is 1.75 bits per heavy atom. The van der Waals surface area contributed by atoms with Crippen molar-refractivity contribution in [3.8, 4) is 0 Å². The van der Waals surface area contributed by atoms with Crippen LogP contribution in [0.2, 0.25) is 0 Å². The second-order valence-electron chi connectivity index (χ2n) is 1.78. The van der Waals surface area contributed by atoms with Gasteiger partial charge in [-0.1, -0.05) is 0 Å². The molecular weight excluding hydrogens is 126 g/mol. The third kappa shape index (κ3) is 0.733. The van der Waals surface area contributed by atoms with Gasteiger partial charge in [-0.25, -0.2) is 4.42 Å². The predicted molar refractivity (Wildman–Crippen MR) is 33.4 cm³/mol. The van der Waals surface area contributed by atoms with Crippen molar-refractivity contribution in [2.45, 2.75) is 13.1 Å². The van der Waals surface area contributed by atoms with Gasteiger partial charge in [0.15, 0.2) is 0 Å². The monoisotopic (exact) mass is 133 g/mol. The van der Waals surface area contributed by atoms with E-state index >= 15 is 0 Å². The number of hydrogen-bond donors (Lipinski definition) is 0. The third-order valence-corrected chi connectivity index (χ3v) is 1.61. The van der Waals surface area contributed by atoms with E-state index in [0.717, 1.165) is 0 Å². The summed E-state index contributed by atoms with van der Waals surface area (Å²) in [4.78, 5) is 0. The lowest BCUT2D eigenvalue weighted by Gasteiger charge is -2.17. The minimum atomic E-state index is 0.191. The average Bonchev–Trinajstić information content (AvgIpc) is 1.98. The van der Waals surface area contributed by atoms with Gasteiger partial charge in [-0.15, -0.1) is 0 Å². The summed E-state index contributed by atoms with van der Waals surface area (Å²) in [5, 5.41) is 5.69. The van der Waals surface area contributed by atoms with Crippen molar-refractivity contribution in [3.63, 3.8) is 0 Å². The highest BCUT2D eigenvalue weighted by Gasteiger charge is 2.16. The fourth-order valence-electron chi connectivity index (χ4n) is 0.483. The van der Waals surface area contributed by atoms with Crippen LogP contribution in [0.4, 0.5) is 0 Å². The van der Waals surface area contributed by atoms with Gasteiger partial charge in [0, 0.05) is 18.8 Å². The molecule has 1 unspecified atom stereocenters. The molecule has 0 saturated carbocycles. The highest BCUT2D eigenvalue weighted by molar-refractivity contribution is 6.19. The molecule has 0 N–H and O–H groups in total. The maximum absolute atomic E-state index is 5.60. The number of rotatable bonds is 0. The Labute approximate surface area is 53.6 Å². The van der Waals surface area contributed by atoms with E-state index in [1.807, 2.05) is 14.0 Å². The lowest BCUT2D eigenvalue weighted by atomic mass is 10.6. The maximum Gasteiger partial charge on any atom is 0.131 e. The Bertz CT molecular complexity index is 102. The summed E-state index contributed by atoms with van der Waals surface area (Å²) < 4.78 is 1.53. The Hall–Kier alpha value is -0.440. The minimum Gasteiger partial charge on any atom is -0.275 e. The molecule has 0 aliphatic carbocycles. The zero-order chi connectivity index (χ0) is 6.15. The van der Waals surface area contributed by atoms with Crippen molar-refractivity contribution in [3.05, 3.63) is 0 Å². The Kier molecular flexibility index (Phi) is 1.29. The van der Waals surface area contributed by atoms with Crippen LogP contribution in [0.25, 0.3) is 0 Å². The molecule has 1 heterocycles. The van der Waals surface area contributed by atoms with Gasteiger partial charge in [0.2, 0.25) is 0 Å². The quantitative estimate of drug-likeness (QED) is 0.453. The smallest absolute Gasteiger partial charge is 0.131 e. The molecule has 3 nitrogen and oxygen atoms in total. The zero-order valence-corrected chi connectivity index (χ0v) is 5.63. The molecule has 0 aromatic carbocycles. The van der Waals surface area contributed by atoms with Gasteiger partial charge in [0.1, 0.15) is 12.5 Å². The van der Waals surface area contributed by atoms with Gasteiger partial charge < -0.3 is 0 Å². The predicted octanol–water partition coefficient (Wildman–Crippen LogP) is 0.677. The molecule has 0 aromatic rings. The Morgan fingerprint density at radius 3 is 2.50 bits per heavy atom. The molecule has 4 heteroatoms. The van der Waals surface area contributed by atoms with E-state index in [4.69, 9.17) is 11.8 Å². The summed E-state index contributed by atoms with van der Waals surface area (Å²) in [7, 11) is 1.88. The van der Waals surface area contributed by atoms with Crippen molar-refractivity contribution in [2.24, 2.45) is 5.10 Å². The fraction of sp³-hybridized carbons (Fsp3) is 0.750.